The lowest BCUT2D eigenvalue weighted by Crippen LogP contribution is -2.44. The first kappa shape index (κ1) is 15.7. The first-order valence-corrected chi connectivity index (χ1v) is 7.63. The van der Waals surface area contributed by atoms with E-state index in [0.717, 1.165) is 6.42 Å². The van der Waals surface area contributed by atoms with Gasteiger partial charge in [0.05, 0.1) is 31.5 Å². The molecule has 2 aliphatic rings. The lowest BCUT2D eigenvalue weighted by Gasteiger charge is -2.27. The van der Waals surface area contributed by atoms with Crippen LogP contribution >= 0.6 is 0 Å². The maximum absolute atomic E-state index is 13.0. The summed E-state index contributed by atoms with van der Waals surface area (Å²) in [5.41, 5.74) is 2.52. The molecule has 3 rings (SSSR count). The highest BCUT2D eigenvalue weighted by Gasteiger charge is 2.41. The number of benzene rings is 1. The number of allylic oxidation sites excluding steroid dienone is 1. The number of hydrogen-bond donors (Lipinski definition) is 1. The number of anilines is 1. The predicted octanol–water partition coefficient (Wildman–Crippen LogP) is 2.26. The monoisotopic (exact) mass is 318 g/mol. The van der Waals surface area contributed by atoms with Crippen LogP contribution in [0.25, 0.3) is 0 Å². The molecule has 6 heteroatoms. The second-order valence-corrected chi connectivity index (χ2v) is 5.70. The Kier molecular flexibility index (Phi) is 4.17. The van der Waals surface area contributed by atoms with E-state index in [2.05, 4.69) is 11.4 Å². The van der Waals surface area contributed by atoms with Gasteiger partial charge >= 0.3 is 0 Å². The van der Waals surface area contributed by atoms with Crippen LogP contribution in [0.15, 0.2) is 23.8 Å². The Hall–Kier alpha value is -2.21. The SMILES string of the molecule is C/C=C1/C[C@H]2[C@@H](OC)Nc3cc(OC)c(OC)cc3C(=O)N2C1. The molecule has 23 heavy (non-hydrogen) atoms. The zero-order valence-electron chi connectivity index (χ0n) is 13.9. The molecule has 1 aromatic carbocycles. The van der Waals surface area contributed by atoms with Gasteiger partial charge in [0.15, 0.2) is 11.5 Å². The third kappa shape index (κ3) is 2.53. The second kappa shape index (κ2) is 6.12. The molecule has 0 unspecified atom stereocenters. The van der Waals surface area contributed by atoms with Crippen molar-refractivity contribution in [3.05, 3.63) is 29.3 Å². The molecular formula is C17H22N2O4. The fourth-order valence-corrected chi connectivity index (χ4v) is 3.28. The van der Waals surface area contributed by atoms with Crippen LogP contribution in [-0.2, 0) is 4.74 Å². The summed E-state index contributed by atoms with van der Waals surface area (Å²) in [7, 11) is 4.79. The quantitative estimate of drug-likeness (QED) is 0.866. The minimum Gasteiger partial charge on any atom is -0.493 e. The van der Waals surface area contributed by atoms with Gasteiger partial charge in [-0.3, -0.25) is 4.79 Å². The highest BCUT2D eigenvalue weighted by Crippen LogP contribution is 2.39. The Morgan fingerprint density at radius 2 is 1.91 bits per heavy atom. The Bertz CT molecular complexity index is 656. The average Bonchev–Trinajstić information content (AvgIpc) is 2.98. The molecule has 0 spiro atoms. The number of fused-ring (bicyclic) bond motifs is 2. The van der Waals surface area contributed by atoms with Crippen molar-refractivity contribution in [2.45, 2.75) is 25.6 Å². The van der Waals surface area contributed by atoms with E-state index in [4.69, 9.17) is 14.2 Å². The van der Waals surface area contributed by atoms with Gasteiger partial charge in [0.1, 0.15) is 6.23 Å². The molecule has 0 bridgehead atoms. The maximum Gasteiger partial charge on any atom is 0.256 e. The summed E-state index contributed by atoms with van der Waals surface area (Å²) in [5, 5.41) is 3.33. The number of carbonyl (C=O) groups excluding carboxylic acids is 1. The van der Waals surface area contributed by atoms with Gasteiger partial charge in [-0.05, 0) is 19.4 Å². The van der Waals surface area contributed by atoms with Crippen molar-refractivity contribution in [3.63, 3.8) is 0 Å². The molecule has 1 fully saturated rings. The smallest absolute Gasteiger partial charge is 0.256 e. The lowest BCUT2D eigenvalue weighted by atomic mass is 10.1. The summed E-state index contributed by atoms with van der Waals surface area (Å²) in [5.74, 6) is 1.10. The van der Waals surface area contributed by atoms with Gasteiger partial charge in [0.2, 0.25) is 0 Å². The van der Waals surface area contributed by atoms with Gasteiger partial charge in [0.25, 0.3) is 5.91 Å². The number of carbonyl (C=O) groups is 1. The van der Waals surface area contributed by atoms with Crippen molar-refractivity contribution >= 4 is 11.6 Å². The molecule has 0 aromatic heterocycles. The van der Waals surface area contributed by atoms with Crippen LogP contribution in [0.5, 0.6) is 11.5 Å². The van der Waals surface area contributed by atoms with Gasteiger partial charge < -0.3 is 24.4 Å². The number of hydrogen-bond acceptors (Lipinski definition) is 5. The van der Waals surface area contributed by atoms with Crippen LogP contribution in [0.3, 0.4) is 0 Å². The fourth-order valence-electron chi connectivity index (χ4n) is 3.28. The maximum atomic E-state index is 13.0. The number of amides is 1. The van der Waals surface area contributed by atoms with Crippen LogP contribution in [0, 0.1) is 0 Å². The second-order valence-electron chi connectivity index (χ2n) is 5.70. The van der Waals surface area contributed by atoms with Crippen LogP contribution in [-0.4, -0.2) is 51.0 Å². The van der Waals surface area contributed by atoms with Crippen LogP contribution in [0.4, 0.5) is 5.69 Å². The topological polar surface area (TPSA) is 60.0 Å². The van der Waals surface area contributed by atoms with Crippen LogP contribution in [0.2, 0.25) is 0 Å². The highest BCUT2D eigenvalue weighted by atomic mass is 16.5. The molecule has 1 amide bonds. The Balaban J connectivity index is 2.09. The Labute approximate surface area is 136 Å². The molecule has 2 atom stereocenters. The molecule has 124 valence electrons. The molecule has 2 aliphatic heterocycles. The van der Waals surface area contributed by atoms with Gasteiger partial charge in [-0.2, -0.15) is 0 Å². The number of methoxy groups -OCH3 is 3. The van der Waals surface area contributed by atoms with Crippen molar-refractivity contribution in [2.24, 2.45) is 0 Å². The zero-order valence-corrected chi connectivity index (χ0v) is 13.9. The van der Waals surface area contributed by atoms with E-state index in [1.165, 1.54) is 5.57 Å². The van der Waals surface area contributed by atoms with E-state index in [-0.39, 0.29) is 18.2 Å². The third-order valence-electron chi connectivity index (χ3n) is 4.57. The predicted molar refractivity (Wildman–Crippen MR) is 87.2 cm³/mol. The first-order valence-electron chi connectivity index (χ1n) is 7.63. The molecule has 1 aromatic rings. The molecule has 0 radical (unpaired) electrons. The van der Waals surface area contributed by atoms with Crippen molar-refractivity contribution in [1.29, 1.82) is 0 Å². The minimum absolute atomic E-state index is 0.0187. The molecule has 0 saturated carbocycles. The average molecular weight is 318 g/mol. The van der Waals surface area contributed by atoms with Crippen LogP contribution in [0.1, 0.15) is 23.7 Å². The number of ether oxygens (including phenoxy) is 3. The van der Waals surface area contributed by atoms with E-state index >= 15 is 0 Å². The van der Waals surface area contributed by atoms with Gasteiger partial charge in [-0.15, -0.1) is 0 Å². The van der Waals surface area contributed by atoms with Crippen molar-refractivity contribution in [1.82, 2.24) is 4.90 Å². The minimum atomic E-state index is -0.268. The first-order chi connectivity index (χ1) is 11.1. The molecule has 2 heterocycles. The third-order valence-corrected chi connectivity index (χ3v) is 4.57. The Morgan fingerprint density at radius 1 is 1.22 bits per heavy atom. The van der Waals surface area contributed by atoms with E-state index in [9.17, 15) is 4.79 Å². The summed E-state index contributed by atoms with van der Waals surface area (Å²) in [6, 6.07) is 3.49. The van der Waals surface area contributed by atoms with Gasteiger partial charge in [-0.1, -0.05) is 11.6 Å². The highest BCUT2D eigenvalue weighted by molar-refractivity contribution is 6.02. The Morgan fingerprint density at radius 3 is 2.52 bits per heavy atom. The number of rotatable bonds is 3. The lowest BCUT2D eigenvalue weighted by molar-refractivity contribution is 0.0420. The largest absolute Gasteiger partial charge is 0.493 e. The van der Waals surface area contributed by atoms with E-state index in [1.54, 1.807) is 33.5 Å². The van der Waals surface area contributed by atoms with Gasteiger partial charge in [-0.25, -0.2) is 0 Å². The normalized spacial score (nSPS) is 24.8. The number of nitrogens with zero attached hydrogens (tertiary/aromatic N) is 1. The molecule has 1 saturated heterocycles. The molecule has 6 nitrogen and oxygen atoms in total. The molecule has 1 N–H and O–H groups in total. The zero-order chi connectivity index (χ0) is 16.6. The van der Waals surface area contributed by atoms with Crippen molar-refractivity contribution < 1.29 is 19.0 Å². The summed E-state index contributed by atoms with van der Waals surface area (Å²) in [6.45, 7) is 2.64. The standard InChI is InChI=1S/C17H22N2O4/c1-5-10-6-13-16(23-4)18-12-8-15(22-3)14(21-2)7-11(12)17(20)19(13)9-10/h5,7-8,13,16,18H,6,9H2,1-4H3/b10-5-/t13-,16+/m0/s1. The molecular weight excluding hydrogens is 296 g/mol. The summed E-state index contributed by atoms with van der Waals surface area (Å²) >= 11 is 0. The summed E-state index contributed by atoms with van der Waals surface area (Å²) < 4.78 is 16.3. The number of nitrogens with one attached hydrogen (secondary N) is 1. The molecule has 0 aliphatic carbocycles. The van der Waals surface area contributed by atoms with Gasteiger partial charge in [0, 0.05) is 19.7 Å². The van der Waals surface area contributed by atoms with E-state index in [1.807, 2.05) is 11.8 Å². The van der Waals surface area contributed by atoms with E-state index in [0.29, 0.717) is 29.3 Å². The summed E-state index contributed by atoms with van der Waals surface area (Å²) in [6.07, 6.45) is 2.62. The van der Waals surface area contributed by atoms with Crippen molar-refractivity contribution in [3.8, 4) is 11.5 Å². The van der Waals surface area contributed by atoms with Crippen LogP contribution < -0.4 is 14.8 Å². The van der Waals surface area contributed by atoms with Crippen molar-refractivity contribution in [2.75, 3.05) is 33.2 Å². The fraction of sp³-hybridized carbons (Fsp3) is 0.471. The van der Waals surface area contributed by atoms with E-state index < -0.39 is 0 Å². The summed E-state index contributed by atoms with van der Waals surface area (Å²) in [4.78, 5) is 14.9.